The quantitative estimate of drug-likeness (QED) is 0.494. The third kappa shape index (κ3) is 2.69. The number of hydrogen-bond acceptors (Lipinski definition) is 5. The van der Waals surface area contributed by atoms with Crippen LogP contribution < -0.4 is 11.4 Å². The Kier molecular flexibility index (Phi) is 3.70. The Hall–Kier alpha value is -3.94. The van der Waals surface area contributed by atoms with Crippen molar-refractivity contribution in [3.8, 4) is 11.4 Å². The van der Waals surface area contributed by atoms with Crippen molar-refractivity contribution in [2.24, 2.45) is 10.2 Å². The SMILES string of the molecule is O=c1[nH][nH]c(=O)n1-c1ccc(N=Nc2c(O)ccc3ccccc23)cc1. The second-order valence-corrected chi connectivity index (χ2v) is 5.57. The smallest absolute Gasteiger partial charge is 0.348 e. The summed E-state index contributed by atoms with van der Waals surface area (Å²) >= 11 is 0. The number of benzene rings is 3. The molecular weight excluding hydrogens is 334 g/mol. The zero-order chi connectivity index (χ0) is 18.1. The van der Waals surface area contributed by atoms with Crippen LogP contribution in [0.3, 0.4) is 0 Å². The lowest BCUT2D eigenvalue weighted by Gasteiger charge is -2.03. The molecule has 0 aliphatic carbocycles. The number of aromatic amines is 2. The lowest BCUT2D eigenvalue weighted by atomic mass is 10.1. The van der Waals surface area contributed by atoms with Crippen LogP contribution in [-0.2, 0) is 0 Å². The molecule has 0 saturated carbocycles. The molecule has 8 nitrogen and oxygen atoms in total. The summed E-state index contributed by atoms with van der Waals surface area (Å²) in [5, 5.41) is 24.6. The average molecular weight is 347 g/mol. The van der Waals surface area contributed by atoms with E-state index >= 15 is 0 Å². The molecule has 0 aliphatic heterocycles. The summed E-state index contributed by atoms with van der Waals surface area (Å²) in [6.45, 7) is 0. The van der Waals surface area contributed by atoms with E-state index < -0.39 is 11.4 Å². The summed E-state index contributed by atoms with van der Waals surface area (Å²) < 4.78 is 0.970. The molecule has 0 atom stereocenters. The van der Waals surface area contributed by atoms with Crippen LogP contribution in [0, 0.1) is 0 Å². The third-order valence-corrected chi connectivity index (χ3v) is 3.94. The number of aromatic hydroxyl groups is 1. The molecule has 0 bridgehead atoms. The zero-order valence-electron chi connectivity index (χ0n) is 13.4. The van der Waals surface area contributed by atoms with Crippen molar-refractivity contribution in [1.29, 1.82) is 0 Å². The number of aromatic nitrogens is 3. The van der Waals surface area contributed by atoms with E-state index in [-0.39, 0.29) is 5.75 Å². The minimum Gasteiger partial charge on any atom is -0.506 e. The van der Waals surface area contributed by atoms with Crippen LogP contribution in [0.25, 0.3) is 16.5 Å². The first-order chi connectivity index (χ1) is 12.6. The topological polar surface area (TPSA) is 116 Å². The fraction of sp³-hybridized carbons (Fsp3) is 0. The van der Waals surface area contributed by atoms with Crippen molar-refractivity contribution in [3.63, 3.8) is 0 Å². The van der Waals surface area contributed by atoms with E-state index in [0.29, 0.717) is 17.1 Å². The highest BCUT2D eigenvalue weighted by Crippen LogP contribution is 2.35. The maximum absolute atomic E-state index is 11.6. The van der Waals surface area contributed by atoms with E-state index in [0.717, 1.165) is 15.3 Å². The van der Waals surface area contributed by atoms with Crippen molar-refractivity contribution < 1.29 is 5.11 Å². The predicted octanol–water partition coefficient (Wildman–Crippen LogP) is 3.13. The predicted molar refractivity (Wildman–Crippen MR) is 96.8 cm³/mol. The lowest BCUT2D eigenvalue weighted by molar-refractivity contribution is 0.477. The molecule has 26 heavy (non-hydrogen) atoms. The summed E-state index contributed by atoms with van der Waals surface area (Å²) in [4.78, 5) is 23.2. The Morgan fingerprint density at radius 2 is 1.50 bits per heavy atom. The van der Waals surface area contributed by atoms with Crippen LogP contribution in [0.5, 0.6) is 5.75 Å². The largest absolute Gasteiger partial charge is 0.506 e. The van der Waals surface area contributed by atoms with E-state index in [1.54, 1.807) is 30.3 Å². The van der Waals surface area contributed by atoms with Crippen molar-refractivity contribution in [2.75, 3.05) is 0 Å². The van der Waals surface area contributed by atoms with E-state index in [1.807, 2.05) is 30.3 Å². The highest BCUT2D eigenvalue weighted by Gasteiger charge is 2.07. The van der Waals surface area contributed by atoms with Crippen LogP contribution in [0.1, 0.15) is 0 Å². The van der Waals surface area contributed by atoms with Gasteiger partial charge in [0.25, 0.3) is 0 Å². The third-order valence-electron chi connectivity index (χ3n) is 3.94. The number of rotatable bonds is 3. The van der Waals surface area contributed by atoms with Gasteiger partial charge in [0.2, 0.25) is 0 Å². The Labute approximate surface area is 146 Å². The van der Waals surface area contributed by atoms with E-state index in [1.165, 1.54) is 0 Å². The van der Waals surface area contributed by atoms with Crippen LogP contribution in [0.15, 0.2) is 80.5 Å². The van der Waals surface area contributed by atoms with Gasteiger partial charge in [-0.05, 0) is 35.7 Å². The van der Waals surface area contributed by atoms with Gasteiger partial charge in [0, 0.05) is 5.39 Å². The fourth-order valence-electron chi connectivity index (χ4n) is 2.67. The summed E-state index contributed by atoms with van der Waals surface area (Å²) in [6.07, 6.45) is 0. The Bertz CT molecular complexity index is 1200. The molecule has 0 saturated heterocycles. The first-order valence-corrected chi connectivity index (χ1v) is 7.76. The molecule has 1 aromatic heterocycles. The Morgan fingerprint density at radius 3 is 2.23 bits per heavy atom. The average Bonchev–Trinajstić information content (AvgIpc) is 3.00. The number of nitrogens with one attached hydrogen (secondary N) is 2. The molecule has 1 heterocycles. The highest BCUT2D eigenvalue weighted by atomic mass is 16.3. The minimum atomic E-state index is -0.551. The molecule has 3 N–H and O–H groups in total. The molecule has 0 amide bonds. The van der Waals surface area contributed by atoms with E-state index in [2.05, 4.69) is 20.4 Å². The molecule has 128 valence electrons. The summed E-state index contributed by atoms with van der Waals surface area (Å²) in [7, 11) is 0. The fourth-order valence-corrected chi connectivity index (χ4v) is 2.67. The van der Waals surface area contributed by atoms with E-state index in [9.17, 15) is 14.7 Å². The second kappa shape index (κ2) is 6.17. The van der Waals surface area contributed by atoms with Crippen molar-refractivity contribution in [1.82, 2.24) is 14.8 Å². The van der Waals surface area contributed by atoms with Crippen molar-refractivity contribution in [3.05, 3.63) is 81.6 Å². The molecule has 4 rings (SSSR count). The van der Waals surface area contributed by atoms with Gasteiger partial charge in [-0.15, -0.1) is 5.11 Å². The number of hydrogen-bond donors (Lipinski definition) is 3. The monoisotopic (exact) mass is 347 g/mol. The van der Waals surface area contributed by atoms with Gasteiger partial charge in [-0.1, -0.05) is 30.3 Å². The van der Waals surface area contributed by atoms with Crippen molar-refractivity contribution in [2.45, 2.75) is 0 Å². The van der Waals surface area contributed by atoms with Gasteiger partial charge >= 0.3 is 11.4 Å². The zero-order valence-corrected chi connectivity index (χ0v) is 13.4. The van der Waals surface area contributed by atoms with Crippen LogP contribution in [0.2, 0.25) is 0 Å². The number of phenolic OH excluding ortho intramolecular Hbond substituents is 1. The summed E-state index contributed by atoms with van der Waals surface area (Å²) in [6, 6.07) is 17.4. The maximum Gasteiger partial charge on any atom is 0.348 e. The lowest BCUT2D eigenvalue weighted by Crippen LogP contribution is -2.24. The molecule has 4 aromatic rings. The van der Waals surface area contributed by atoms with Gasteiger partial charge in [-0.25, -0.2) is 24.4 Å². The molecule has 0 aliphatic rings. The van der Waals surface area contributed by atoms with Gasteiger partial charge in [0.15, 0.2) is 0 Å². The minimum absolute atomic E-state index is 0.0366. The summed E-state index contributed by atoms with van der Waals surface area (Å²) in [5.74, 6) is 0.0366. The van der Waals surface area contributed by atoms with Gasteiger partial charge in [-0.2, -0.15) is 5.11 Å². The first-order valence-electron chi connectivity index (χ1n) is 7.76. The van der Waals surface area contributed by atoms with Gasteiger partial charge in [0.1, 0.15) is 11.4 Å². The van der Waals surface area contributed by atoms with Crippen LogP contribution in [-0.4, -0.2) is 19.9 Å². The van der Waals surface area contributed by atoms with Gasteiger partial charge in [-0.3, -0.25) is 0 Å². The first kappa shape index (κ1) is 15.6. The molecule has 0 spiro atoms. The van der Waals surface area contributed by atoms with Crippen molar-refractivity contribution >= 4 is 22.1 Å². The molecular formula is C18H13N5O3. The van der Waals surface area contributed by atoms with E-state index in [4.69, 9.17) is 0 Å². The normalized spacial score (nSPS) is 11.4. The Balaban J connectivity index is 1.69. The molecule has 0 unspecified atom stereocenters. The molecule has 0 fully saturated rings. The number of phenols is 1. The molecule has 3 aromatic carbocycles. The maximum atomic E-state index is 11.6. The van der Waals surface area contributed by atoms with Gasteiger partial charge < -0.3 is 5.11 Å². The number of fused-ring (bicyclic) bond motifs is 1. The summed E-state index contributed by atoms with van der Waals surface area (Å²) in [5.41, 5.74) is 0.200. The number of azo groups is 1. The molecule has 8 heteroatoms. The highest BCUT2D eigenvalue weighted by molar-refractivity contribution is 5.95. The van der Waals surface area contributed by atoms with Crippen LogP contribution in [0.4, 0.5) is 11.4 Å². The Morgan fingerprint density at radius 1 is 0.808 bits per heavy atom. The number of nitrogens with zero attached hydrogens (tertiary/aromatic N) is 3. The number of H-pyrrole nitrogens is 2. The van der Waals surface area contributed by atoms with Crippen LogP contribution >= 0.6 is 0 Å². The standard InChI is InChI=1S/C18H13N5O3/c24-15-10-5-11-3-1-2-4-14(11)16(15)20-19-12-6-8-13(9-7-12)23-17(25)21-22-18(23)26/h1-10,24H,(H,21,25)(H,22,26). The van der Waals surface area contributed by atoms with Gasteiger partial charge in [0.05, 0.1) is 11.4 Å². The molecule has 0 radical (unpaired) electrons. The second-order valence-electron chi connectivity index (χ2n) is 5.57.